The molecule has 0 fully saturated rings. The summed E-state index contributed by atoms with van der Waals surface area (Å²) in [5.41, 5.74) is 0. The summed E-state index contributed by atoms with van der Waals surface area (Å²) in [7, 11) is -0.0980. The highest BCUT2D eigenvalue weighted by Crippen LogP contribution is 2.18. The summed E-state index contributed by atoms with van der Waals surface area (Å²) in [6.07, 6.45) is 0. The van der Waals surface area contributed by atoms with Crippen molar-refractivity contribution in [2.24, 2.45) is 0 Å². The van der Waals surface area contributed by atoms with Crippen LogP contribution in [0.3, 0.4) is 0 Å². The van der Waals surface area contributed by atoms with Crippen molar-refractivity contribution < 1.29 is 8.42 Å². The van der Waals surface area contributed by atoms with Crippen LogP contribution in [-0.4, -0.2) is 39.9 Å². The van der Waals surface area contributed by atoms with Crippen LogP contribution in [0.1, 0.15) is 0 Å². The molecule has 0 atom stereocenters. The Morgan fingerprint density at radius 3 is 2.59 bits per heavy atom. The van der Waals surface area contributed by atoms with Gasteiger partial charge < -0.3 is 5.32 Å². The summed E-state index contributed by atoms with van der Waals surface area (Å²) in [5, 5.41) is 3.32. The summed E-state index contributed by atoms with van der Waals surface area (Å²) in [4.78, 5) is 0.221. The zero-order valence-corrected chi connectivity index (χ0v) is 12.1. The van der Waals surface area contributed by atoms with Gasteiger partial charge in [-0.15, -0.1) is 12.4 Å². The van der Waals surface area contributed by atoms with Gasteiger partial charge in [-0.2, -0.15) is 4.31 Å². The average molecular weight is 299 g/mol. The summed E-state index contributed by atoms with van der Waals surface area (Å²) in [5.74, 6) is 0. The number of benzene rings is 1. The molecule has 1 aromatic carbocycles. The van der Waals surface area contributed by atoms with Gasteiger partial charge >= 0.3 is 0 Å². The van der Waals surface area contributed by atoms with E-state index in [9.17, 15) is 8.42 Å². The van der Waals surface area contributed by atoms with Crippen molar-refractivity contribution in [1.29, 1.82) is 0 Å². The first-order chi connectivity index (χ1) is 7.48. The molecule has 17 heavy (non-hydrogen) atoms. The Morgan fingerprint density at radius 1 is 1.41 bits per heavy atom. The number of halogens is 2. The normalized spacial score (nSPS) is 11.3. The van der Waals surface area contributed by atoms with Gasteiger partial charge in [0.15, 0.2) is 0 Å². The molecule has 98 valence electrons. The second kappa shape index (κ2) is 7.18. The van der Waals surface area contributed by atoms with Crippen LogP contribution in [0.4, 0.5) is 0 Å². The standard InChI is InChI=1S/C10H15ClN2O2S.ClH/c1-12-6-7-13(2)16(14,15)10-5-3-4-9(11)8-10;/h3-5,8,12H,6-7H2,1-2H3;1H. The van der Waals surface area contributed by atoms with Gasteiger partial charge in [-0.25, -0.2) is 8.42 Å². The molecule has 0 aliphatic heterocycles. The van der Waals surface area contributed by atoms with Crippen LogP contribution in [0, 0.1) is 0 Å². The predicted molar refractivity (Wildman–Crippen MR) is 72.4 cm³/mol. The maximum atomic E-state index is 12.0. The second-order valence-electron chi connectivity index (χ2n) is 3.39. The van der Waals surface area contributed by atoms with Crippen LogP contribution in [0.5, 0.6) is 0 Å². The Morgan fingerprint density at radius 2 is 2.06 bits per heavy atom. The van der Waals surface area contributed by atoms with Crippen molar-refractivity contribution in [2.45, 2.75) is 4.90 Å². The van der Waals surface area contributed by atoms with E-state index in [1.54, 1.807) is 26.2 Å². The third-order valence-corrected chi connectivity index (χ3v) is 4.27. The third kappa shape index (κ3) is 4.44. The SMILES string of the molecule is CNCCN(C)S(=O)(=O)c1cccc(Cl)c1.Cl. The molecule has 0 aliphatic rings. The van der Waals surface area contributed by atoms with Crippen LogP contribution in [0.15, 0.2) is 29.2 Å². The third-order valence-electron chi connectivity index (χ3n) is 2.18. The Kier molecular flexibility index (Phi) is 7.04. The van der Waals surface area contributed by atoms with Gasteiger partial charge in [0, 0.05) is 25.2 Å². The number of rotatable bonds is 5. The molecular formula is C10H16Cl2N2O2S. The molecule has 0 spiro atoms. The van der Waals surface area contributed by atoms with Crippen LogP contribution < -0.4 is 5.32 Å². The van der Waals surface area contributed by atoms with Gasteiger partial charge in [-0.05, 0) is 25.2 Å². The molecule has 0 aromatic heterocycles. The van der Waals surface area contributed by atoms with E-state index in [4.69, 9.17) is 11.6 Å². The highest BCUT2D eigenvalue weighted by Gasteiger charge is 2.19. The first kappa shape index (κ1) is 16.7. The Bertz CT molecular complexity index is 451. The van der Waals surface area contributed by atoms with E-state index in [2.05, 4.69) is 5.32 Å². The number of hydrogen-bond donors (Lipinski definition) is 1. The first-order valence-corrected chi connectivity index (χ1v) is 6.67. The molecular weight excluding hydrogens is 283 g/mol. The maximum Gasteiger partial charge on any atom is 0.242 e. The summed E-state index contributed by atoms with van der Waals surface area (Å²) in [6, 6.07) is 6.26. The van der Waals surface area contributed by atoms with Crippen molar-refractivity contribution in [2.75, 3.05) is 27.2 Å². The van der Waals surface area contributed by atoms with Crippen molar-refractivity contribution in [3.8, 4) is 0 Å². The summed E-state index contributed by atoms with van der Waals surface area (Å²) >= 11 is 5.76. The van der Waals surface area contributed by atoms with E-state index < -0.39 is 10.0 Å². The number of hydrogen-bond acceptors (Lipinski definition) is 3. The lowest BCUT2D eigenvalue weighted by Gasteiger charge is -2.16. The molecule has 1 N–H and O–H groups in total. The molecule has 0 bridgehead atoms. The average Bonchev–Trinajstić information content (AvgIpc) is 2.25. The molecule has 4 nitrogen and oxygen atoms in total. The molecule has 0 saturated heterocycles. The topological polar surface area (TPSA) is 49.4 Å². The number of nitrogens with zero attached hydrogens (tertiary/aromatic N) is 1. The van der Waals surface area contributed by atoms with Crippen molar-refractivity contribution in [1.82, 2.24) is 9.62 Å². The predicted octanol–water partition coefficient (Wildman–Crippen LogP) is 1.60. The van der Waals surface area contributed by atoms with E-state index in [0.29, 0.717) is 18.1 Å². The molecule has 0 saturated carbocycles. The summed E-state index contributed by atoms with van der Waals surface area (Å²) < 4.78 is 25.4. The van der Waals surface area contributed by atoms with Crippen LogP contribution in [0.25, 0.3) is 0 Å². The van der Waals surface area contributed by atoms with E-state index in [0.717, 1.165) is 0 Å². The van der Waals surface area contributed by atoms with Gasteiger partial charge in [0.2, 0.25) is 10.0 Å². The molecule has 0 amide bonds. The fourth-order valence-corrected chi connectivity index (χ4v) is 2.67. The zero-order valence-electron chi connectivity index (χ0n) is 9.68. The number of nitrogens with one attached hydrogen (secondary N) is 1. The molecule has 0 heterocycles. The Labute approximate surface area is 113 Å². The van der Waals surface area contributed by atoms with Gasteiger partial charge in [0.25, 0.3) is 0 Å². The highest BCUT2D eigenvalue weighted by atomic mass is 35.5. The monoisotopic (exact) mass is 298 g/mol. The number of likely N-dealkylation sites (N-methyl/N-ethyl adjacent to an activating group) is 2. The summed E-state index contributed by atoms with van der Waals surface area (Å²) in [6.45, 7) is 1.03. The van der Waals surface area contributed by atoms with E-state index in [1.165, 1.54) is 16.4 Å². The minimum Gasteiger partial charge on any atom is -0.318 e. The van der Waals surface area contributed by atoms with Crippen molar-refractivity contribution in [3.05, 3.63) is 29.3 Å². The quantitative estimate of drug-likeness (QED) is 0.898. The van der Waals surface area contributed by atoms with Gasteiger partial charge in [-0.3, -0.25) is 0 Å². The zero-order chi connectivity index (χ0) is 12.2. The molecule has 1 aromatic rings. The van der Waals surface area contributed by atoms with Gasteiger partial charge in [0.1, 0.15) is 0 Å². The lowest BCUT2D eigenvalue weighted by atomic mass is 10.4. The molecule has 1 rings (SSSR count). The Hall–Kier alpha value is -0.330. The van der Waals surface area contributed by atoms with Crippen LogP contribution in [0.2, 0.25) is 5.02 Å². The minimum absolute atomic E-state index is 0. The van der Waals surface area contributed by atoms with Gasteiger partial charge in [0.05, 0.1) is 4.90 Å². The second-order valence-corrected chi connectivity index (χ2v) is 5.87. The van der Waals surface area contributed by atoms with E-state index in [-0.39, 0.29) is 17.3 Å². The molecule has 7 heteroatoms. The molecule has 0 aliphatic carbocycles. The van der Waals surface area contributed by atoms with E-state index >= 15 is 0 Å². The smallest absolute Gasteiger partial charge is 0.242 e. The first-order valence-electron chi connectivity index (χ1n) is 4.85. The fraction of sp³-hybridized carbons (Fsp3) is 0.400. The van der Waals surface area contributed by atoms with Crippen molar-refractivity contribution >= 4 is 34.0 Å². The lowest BCUT2D eigenvalue weighted by molar-refractivity contribution is 0.466. The fourth-order valence-electron chi connectivity index (χ4n) is 1.20. The van der Waals surface area contributed by atoms with Crippen molar-refractivity contribution in [3.63, 3.8) is 0 Å². The van der Waals surface area contributed by atoms with Gasteiger partial charge in [-0.1, -0.05) is 17.7 Å². The largest absolute Gasteiger partial charge is 0.318 e. The highest BCUT2D eigenvalue weighted by molar-refractivity contribution is 7.89. The number of sulfonamides is 1. The molecule has 0 unspecified atom stereocenters. The minimum atomic E-state index is -3.42. The molecule has 0 radical (unpaired) electrons. The maximum absolute atomic E-state index is 12.0. The Balaban J connectivity index is 0.00000256. The van der Waals surface area contributed by atoms with E-state index in [1.807, 2.05) is 0 Å². The van der Waals surface area contributed by atoms with Crippen LogP contribution in [-0.2, 0) is 10.0 Å². The van der Waals surface area contributed by atoms with Crippen LogP contribution >= 0.6 is 24.0 Å². The lowest BCUT2D eigenvalue weighted by Crippen LogP contribution is -2.32.